The van der Waals surface area contributed by atoms with Crippen molar-refractivity contribution in [2.45, 2.75) is 4.90 Å². The van der Waals surface area contributed by atoms with Crippen LogP contribution in [0, 0.1) is 0 Å². The third-order valence-corrected chi connectivity index (χ3v) is 4.30. The van der Waals surface area contributed by atoms with Crippen LogP contribution in [0.3, 0.4) is 0 Å². The van der Waals surface area contributed by atoms with Gasteiger partial charge >= 0.3 is 16.3 Å². The summed E-state index contributed by atoms with van der Waals surface area (Å²) in [4.78, 5) is 10.8. The minimum atomic E-state index is -4.34. The number of ether oxygens (including phenoxy) is 2. The molecule has 0 aliphatic carbocycles. The molecule has 0 radical (unpaired) electrons. The lowest BCUT2D eigenvalue weighted by molar-refractivity contribution is 0.120. The Hall–Kier alpha value is -1.96. The highest BCUT2D eigenvalue weighted by Crippen LogP contribution is 2.36. The number of halogens is 2. The van der Waals surface area contributed by atoms with Gasteiger partial charge in [0.1, 0.15) is 5.75 Å². The number of carbonyl (C=O) groups excluding carboxylic acids is 1. The highest BCUT2D eigenvalue weighted by Gasteiger charge is 2.27. The average Bonchev–Trinajstić information content (AvgIpc) is 2.50. The zero-order chi connectivity index (χ0) is 17.0. The van der Waals surface area contributed by atoms with Gasteiger partial charge < -0.3 is 13.7 Å². The minimum Gasteiger partial charge on any atom is -0.437 e. The molecule has 2 aromatic carbocycles. The van der Waals surface area contributed by atoms with Gasteiger partial charge in [-0.05, 0) is 24.3 Å². The van der Waals surface area contributed by atoms with E-state index in [2.05, 4.69) is 4.74 Å². The Morgan fingerprint density at radius 2 is 1.74 bits per heavy atom. The van der Waals surface area contributed by atoms with Gasteiger partial charge in [-0.15, -0.1) is 0 Å². The Labute approximate surface area is 142 Å². The summed E-state index contributed by atoms with van der Waals surface area (Å²) in [5, 5.41) is -0.152. The van der Waals surface area contributed by atoms with E-state index in [1.165, 1.54) is 18.2 Å². The Balaban J connectivity index is 2.50. The fraction of sp³-hybridized carbons (Fsp3) is 0.0714. The molecule has 0 fully saturated rings. The molecule has 0 unspecified atom stereocenters. The van der Waals surface area contributed by atoms with Gasteiger partial charge in [0.15, 0.2) is 10.6 Å². The van der Waals surface area contributed by atoms with Crippen molar-refractivity contribution < 1.29 is 26.9 Å². The fourth-order valence-electron chi connectivity index (χ4n) is 1.59. The third-order valence-electron chi connectivity index (χ3n) is 2.54. The summed E-state index contributed by atoms with van der Waals surface area (Å²) in [5.41, 5.74) is 0. The summed E-state index contributed by atoms with van der Waals surface area (Å²) >= 11 is 11.7. The molecule has 0 aromatic heterocycles. The van der Waals surface area contributed by atoms with Gasteiger partial charge in [-0.2, -0.15) is 8.42 Å². The first kappa shape index (κ1) is 17.4. The molecule has 2 aromatic rings. The second kappa shape index (κ2) is 7.08. The maximum atomic E-state index is 12.4. The quantitative estimate of drug-likeness (QED) is 0.457. The largest absolute Gasteiger partial charge is 0.513 e. The van der Waals surface area contributed by atoms with Crippen molar-refractivity contribution in [2.24, 2.45) is 0 Å². The van der Waals surface area contributed by atoms with Crippen LogP contribution in [0.1, 0.15) is 0 Å². The van der Waals surface area contributed by atoms with Crippen LogP contribution < -0.4 is 8.92 Å². The van der Waals surface area contributed by atoms with Crippen LogP contribution in [0.15, 0.2) is 47.4 Å². The predicted molar refractivity (Wildman–Crippen MR) is 83.8 cm³/mol. The summed E-state index contributed by atoms with van der Waals surface area (Å²) in [6.45, 7) is 0. The zero-order valence-corrected chi connectivity index (χ0v) is 14.0. The fourth-order valence-corrected chi connectivity index (χ4v) is 3.35. The van der Waals surface area contributed by atoms with Crippen molar-refractivity contribution in [1.29, 1.82) is 0 Å². The van der Waals surface area contributed by atoms with Crippen molar-refractivity contribution >= 4 is 39.5 Å². The molecule has 23 heavy (non-hydrogen) atoms. The molecule has 0 amide bonds. The van der Waals surface area contributed by atoms with Crippen molar-refractivity contribution in [3.63, 3.8) is 0 Å². The van der Waals surface area contributed by atoms with E-state index in [9.17, 15) is 13.2 Å². The van der Waals surface area contributed by atoms with Crippen molar-refractivity contribution in [1.82, 2.24) is 0 Å². The SMILES string of the molecule is COC(=O)Oc1c(Cl)cc(Cl)cc1S(=O)(=O)Oc1ccccc1. The van der Waals surface area contributed by atoms with E-state index in [1.54, 1.807) is 18.2 Å². The van der Waals surface area contributed by atoms with E-state index in [-0.39, 0.29) is 15.8 Å². The van der Waals surface area contributed by atoms with E-state index < -0.39 is 26.9 Å². The summed E-state index contributed by atoms with van der Waals surface area (Å²) in [6, 6.07) is 10.1. The van der Waals surface area contributed by atoms with Gasteiger partial charge in [0, 0.05) is 5.02 Å². The van der Waals surface area contributed by atoms with E-state index in [0.717, 1.165) is 13.2 Å². The van der Waals surface area contributed by atoms with Crippen molar-refractivity contribution in [3.8, 4) is 11.5 Å². The molecule has 0 heterocycles. The number of hydrogen-bond acceptors (Lipinski definition) is 6. The molecule has 0 bridgehead atoms. The van der Waals surface area contributed by atoms with E-state index in [1.807, 2.05) is 0 Å². The van der Waals surface area contributed by atoms with E-state index >= 15 is 0 Å². The average molecular weight is 377 g/mol. The summed E-state index contributed by atoms with van der Waals surface area (Å²) in [6.07, 6.45) is -1.13. The molecule has 0 aliphatic heterocycles. The van der Waals surface area contributed by atoms with Crippen LogP contribution in [0.4, 0.5) is 4.79 Å². The Morgan fingerprint density at radius 3 is 2.35 bits per heavy atom. The highest BCUT2D eigenvalue weighted by molar-refractivity contribution is 7.87. The molecular weight excluding hydrogens is 367 g/mol. The van der Waals surface area contributed by atoms with Gasteiger partial charge in [-0.3, -0.25) is 0 Å². The van der Waals surface area contributed by atoms with Crippen LogP contribution >= 0.6 is 23.2 Å². The molecule has 2 rings (SSSR count). The van der Waals surface area contributed by atoms with Gasteiger partial charge in [0.2, 0.25) is 0 Å². The summed E-state index contributed by atoms with van der Waals surface area (Å²) in [7, 11) is -3.27. The van der Waals surface area contributed by atoms with Crippen LogP contribution in [-0.2, 0) is 14.9 Å². The predicted octanol–water partition coefficient (Wildman–Crippen LogP) is 3.91. The number of rotatable bonds is 4. The highest BCUT2D eigenvalue weighted by atomic mass is 35.5. The maximum Gasteiger partial charge on any atom is 0.513 e. The first-order chi connectivity index (χ1) is 10.8. The molecule has 0 saturated heterocycles. The molecular formula is C14H10Cl2O6S. The third kappa shape index (κ3) is 4.28. The second-order valence-electron chi connectivity index (χ2n) is 4.12. The van der Waals surface area contributed by atoms with Gasteiger partial charge in [-0.25, -0.2) is 4.79 Å². The molecule has 0 saturated carbocycles. The molecule has 6 nitrogen and oxygen atoms in total. The van der Waals surface area contributed by atoms with Gasteiger partial charge in [0.25, 0.3) is 0 Å². The standard InChI is InChI=1S/C14H10Cl2O6S/c1-20-14(17)21-13-11(16)7-9(15)8-12(13)23(18,19)22-10-5-3-2-4-6-10/h2-8H,1H3. The van der Waals surface area contributed by atoms with E-state index in [0.29, 0.717) is 0 Å². The van der Waals surface area contributed by atoms with Crippen LogP contribution in [0.2, 0.25) is 10.0 Å². The normalized spacial score (nSPS) is 10.9. The number of para-hydroxylation sites is 1. The van der Waals surface area contributed by atoms with Crippen LogP contribution in [-0.4, -0.2) is 21.7 Å². The lowest BCUT2D eigenvalue weighted by Gasteiger charge is -2.12. The molecule has 0 aliphatic rings. The molecule has 0 spiro atoms. The Bertz CT molecular complexity index is 821. The topological polar surface area (TPSA) is 78.9 Å². The number of benzene rings is 2. The molecule has 0 atom stereocenters. The second-order valence-corrected chi connectivity index (χ2v) is 6.48. The molecule has 9 heteroatoms. The summed E-state index contributed by atoms with van der Waals surface area (Å²) in [5.74, 6) is -0.355. The van der Waals surface area contributed by atoms with Crippen molar-refractivity contribution in [3.05, 3.63) is 52.5 Å². The Morgan fingerprint density at radius 1 is 1.09 bits per heavy atom. The summed E-state index contributed by atoms with van der Waals surface area (Å²) < 4.78 is 39.0. The minimum absolute atomic E-state index is 0.0300. The first-order valence-electron chi connectivity index (χ1n) is 6.08. The van der Waals surface area contributed by atoms with Gasteiger partial charge in [-0.1, -0.05) is 41.4 Å². The van der Waals surface area contributed by atoms with Crippen LogP contribution in [0.25, 0.3) is 0 Å². The Kier molecular flexibility index (Phi) is 5.35. The number of methoxy groups -OCH3 is 1. The number of carbonyl (C=O) groups is 1. The molecule has 0 N–H and O–H groups in total. The lowest BCUT2D eigenvalue weighted by Crippen LogP contribution is -2.15. The van der Waals surface area contributed by atoms with Gasteiger partial charge in [0.05, 0.1) is 12.1 Å². The smallest absolute Gasteiger partial charge is 0.437 e. The van der Waals surface area contributed by atoms with E-state index in [4.69, 9.17) is 32.1 Å². The number of hydrogen-bond donors (Lipinski definition) is 0. The van der Waals surface area contributed by atoms with Crippen LogP contribution in [0.5, 0.6) is 11.5 Å². The first-order valence-corrected chi connectivity index (χ1v) is 8.24. The monoisotopic (exact) mass is 376 g/mol. The maximum absolute atomic E-state index is 12.4. The zero-order valence-electron chi connectivity index (χ0n) is 11.7. The molecule has 122 valence electrons. The van der Waals surface area contributed by atoms with Crippen molar-refractivity contribution in [2.75, 3.05) is 7.11 Å². The lowest BCUT2D eigenvalue weighted by atomic mass is 10.3.